The quantitative estimate of drug-likeness (QED) is 0.522. The van der Waals surface area contributed by atoms with Crippen LogP contribution in [-0.2, 0) is 4.74 Å². The molecule has 0 fully saturated rings. The summed E-state index contributed by atoms with van der Waals surface area (Å²) in [4.78, 5) is 0. The van der Waals surface area contributed by atoms with Crippen molar-refractivity contribution in [1.29, 1.82) is 0 Å². The van der Waals surface area contributed by atoms with Crippen molar-refractivity contribution in [3.05, 3.63) is 47.7 Å². The molecule has 1 nitrogen and oxygen atoms in total. The predicted octanol–water partition coefficient (Wildman–Crippen LogP) is 2.59. The van der Waals surface area contributed by atoms with Gasteiger partial charge in [-0.1, -0.05) is 30.0 Å². The van der Waals surface area contributed by atoms with Crippen LogP contribution < -0.4 is 0 Å². The summed E-state index contributed by atoms with van der Waals surface area (Å²) in [6, 6.07) is 9.70. The smallest absolute Gasteiger partial charge is 0.178 e. The lowest BCUT2D eigenvalue weighted by atomic mass is 10.2. The summed E-state index contributed by atoms with van der Waals surface area (Å²) in [7, 11) is 0. The summed E-state index contributed by atoms with van der Waals surface area (Å²) in [5.41, 5.74) is 0.945. The van der Waals surface area contributed by atoms with E-state index in [-0.39, 0.29) is 0 Å². The molecule has 0 aromatic heterocycles. The molecule has 0 unspecified atom stereocenters. The van der Waals surface area contributed by atoms with E-state index in [1.165, 1.54) is 6.08 Å². The topological polar surface area (TPSA) is 9.23 Å². The molecule has 0 radical (unpaired) electrons. The minimum absolute atomic E-state index is 0.531. The number of hydrogen-bond acceptors (Lipinski definition) is 1. The van der Waals surface area contributed by atoms with E-state index in [4.69, 9.17) is 11.2 Å². The van der Waals surface area contributed by atoms with Crippen LogP contribution in [0.15, 0.2) is 42.2 Å². The van der Waals surface area contributed by atoms with Gasteiger partial charge in [-0.3, -0.25) is 0 Å². The van der Waals surface area contributed by atoms with Crippen LogP contribution in [0.5, 0.6) is 0 Å². The van der Waals surface area contributed by atoms with Crippen LogP contribution >= 0.6 is 0 Å². The Balaban J connectivity index is 2.80. The van der Waals surface area contributed by atoms with Gasteiger partial charge in [0.25, 0.3) is 0 Å². The first-order chi connectivity index (χ1) is 7.36. The summed E-state index contributed by atoms with van der Waals surface area (Å²) in [5.74, 6) is 8.79. The van der Waals surface area contributed by atoms with E-state index >= 15 is 0 Å². The van der Waals surface area contributed by atoms with Crippen molar-refractivity contribution in [2.45, 2.75) is 6.92 Å². The molecule has 0 amide bonds. The van der Waals surface area contributed by atoms with Crippen LogP contribution in [0.25, 0.3) is 0 Å². The van der Waals surface area contributed by atoms with Gasteiger partial charge in [0.15, 0.2) is 5.76 Å². The van der Waals surface area contributed by atoms with Crippen LogP contribution in [0.1, 0.15) is 12.5 Å². The molecular weight excluding hydrogens is 184 g/mol. The second-order valence-corrected chi connectivity index (χ2v) is 2.72. The first-order valence-electron chi connectivity index (χ1n) is 4.73. The molecule has 0 saturated heterocycles. The summed E-state index contributed by atoms with van der Waals surface area (Å²) < 4.78 is 5.25. The molecule has 1 rings (SSSR count). The van der Waals surface area contributed by atoms with E-state index in [1.54, 1.807) is 0 Å². The molecule has 0 N–H and O–H groups in total. The highest BCUT2D eigenvalue weighted by atomic mass is 16.5. The molecule has 0 spiro atoms. The fraction of sp³-hybridized carbons (Fsp3) is 0.143. The molecule has 1 aromatic carbocycles. The minimum atomic E-state index is 0.531. The Labute approximate surface area is 90.8 Å². The molecule has 0 atom stereocenters. The Morgan fingerprint density at radius 1 is 1.40 bits per heavy atom. The number of benzene rings is 1. The van der Waals surface area contributed by atoms with Gasteiger partial charge in [-0.15, -0.1) is 6.42 Å². The number of hydrogen-bond donors (Lipinski definition) is 0. The van der Waals surface area contributed by atoms with Crippen molar-refractivity contribution < 1.29 is 4.74 Å². The maximum atomic E-state index is 5.25. The van der Waals surface area contributed by atoms with Gasteiger partial charge in [0.05, 0.1) is 6.61 Å². The maximum Gasteiger partial charge on any atom is 0.178 e. The number of ether oxygens (including phenoxy) is 1. The van der Waals surface area contributed by atoms with Crippen LogP contribution in [0.2, 0.25) is 0 Å². The van der Waals surface area contributed by atoms with Crippen molar-refractivity contribution in [1.82, 2.24) is 0 Å². The maximum absolute atomic E-state index is 5.25. The molecule has 0 aliphatic carbocycles. The lowest BCUT2D eigenvalue weighted by molar-refractivity contribution is 0.246. The van der Waals surface area contributed by atoms with Gasteiger partial charge in [0, 0.05) is 11.6 Å². The van der Waals surface area contributed by atoms with Gasteiger partial charge in [-0.25, -0.2) is 0 Å². The molecule has 0 bridgehead atoms. The van der Waals surface area contributed by atoms with Crippen molar-refractivity contribution in [2.75, 3.05) is 6.61 Å². The van der Waals surface area contributed by atoms with Crippen molar-refractivity contribution in [3.8, 4) is 24.2 Å². The fourth-order valence-electron chi connectivity index (χ4n) is 1.00. The number of terminal acetylenes is 1. The zero-order valence-electron chi connectivity index (χ0n) is 8.66. The standard InChI is InChI=1S/C14H12O/c1-3-8-14(15-4-2)12-11-13-9-6-5-7-10-13/h1,5-10H,4H2,2H3/b14-8-. The van der Waals surface area contributed by atoms with Gasteiger partial charge in [0.2, 0.25) is 0 Å². The molecule has 0 aliphatic rings. The minimum Gasteiger partial charge on any atom is -0.485 e. The second-order valence-electron chi connectivity index (χ2n) is 2.72. The fourth-order valence-corrected chi connectivity index (χ4v) is 1.00. The highest BCUT2D eigenvalue weighted by molar-refractivity contribution is 5.40. The van der Waals surface area contributed by atoms with Crippen LogP contribution in [0, 0.1) is 24.2 Å². The Morgan fingerprint density at radius 3 is 2.73 bits per heavy atom. The van der Waals surface area contributed by atoms with Gasteiger partial charge < -0.3 is 4.74 Å². The van der Waals surface area contributed by atoms with Crippen LogP contribution in [0.3, 0.4) is 0 Å². The number of allylic oxidation sites excluding steroid dienone is 2. The largest absolute Gasteiger partial charge is 0.485 e. The average Bonchev–Trinajstić information content (AvgIpc) is 2.28. The third-order valence-corrected chi connectivity index (χ3v) is 1.62. The Hall–Kier alpha value is -2.12. The predicted molar refractivity (Wildman–Crippen MR) is 61.9 cm³/mol. The summed E-state index contributed by atoms with van der Waals surface area (Å²) in [6.45, 7) is 2.46. The lowest BCUT2D eigenvalue weighted by Crippen LogP contribution is -1.88. The van der Waals surface area contributed by atoms with E-state index in [0.717, 1.165) is 5.56 Å². The molecule has 15 heavy (non-hydrogen) atoms. The van der Waals surface area contributed by atoms with Gasteiger partial charge in [-0.05, 0) is 25.0 Å². The van der Waals surface area contributed by atoms with Crippen molar-refractivity contribution >= 4 is 0 Å². The summed E-state index contributed by atoms with van der Waals surface area (Å²) >= 11 is 0. The molecule has 0 aliphatic heterocycles. The van der Waals surface area contributed by atoms with E-state index in [1.807, 2.05) is 37.3 Å². The van der Waals surface area contributed by atoms with E-state index in [0.29, 0.717) is 12.4 Å². The van der Waals surface area contributed by atoms with E-state index in [9.17, 15) is 0 Å². The van der Waals surface area contributed by atoms with Gasteiger partial charge in [0.1, 0.15) is 0 Å². The third kappa shape index (κ3) is 4.07. The number of rotatable bonds is 2. The molecule has 0 heterocycles. The molecule has 74 valence electrons. The molecule has 0 saturated carbocycles. The molecular formula is C14H12O. The zero-order chi connectivity index (χ0) is 10.9. The van der Waals surface area contributed by atoms with Gasteiger partial charge >= 0.3 is 0 Å². The van der Waals surface area contributed by atoms with E-state index < -0.39 is 0 Å². The van der Waals surface area contributed by atoms with Crippen molar-refractivity contribution in [3.63, 3.8) is 0 Å². The lowest BCUT2D eigenvalue weighted by Gasteiger charge is -1.98. The Morgan fingerprint density at radius 2 is 2.13 bits per heavy atom. The summed E-state index contributed by atoms with van der Waals surface area (Å²) in [6.07, 6.45) is 6.68. The van der Waals surface area contributed by atoms with Crippen molar-refractivity contribution in [2.24, 2.45) is 0 Å². The van der Waals surface area contributed by atoms with Crippen LogP contribution in [0.4, 0.5) is 0 Å². The zero-order valence-corrected chi connectivity index (χ0v) is 8.66. The Kier molecular flexibility index (Phi) is 4.64. The highest BCUT2D eigenvalue weighted by Crippen LogP contribution is 1.98. The second kappa shape index (κ2) is 6.35. The first kappa shape index (κ1) is 11.0. The van der Waals surface area contributed by atoms with E-state index in [2.05, 4.69) is 17.8 Å². The van der Waals surface area contributed by atoms with Crippen LogP contribution in [-0.4, -0.2) is 6.61 Å². The average molecular weight is 196 g/mol. The normalized spacial score (nSPS) is 9.73. The monoisotopic (exact) mass is 196 g/mol. The third-order valence-electron chi connectivity index (χ3n) is 1.62. The van der Waals surface area contributed by atoms with Gasteiger partial charge in [-0.2, -0.15) is 0 Å². The Bertz CT molecular complexity index is 424. The highest BCUT2D eigenvalue weighted by Gasteiger charge is 1.89. The SMILES string of the molecule is C#C/C=C(/C#Cc1ccccc1)OCC. The molecule has 1 aromatic rings. The summed E-state index contributed by atoms with van der Waals surface area (Å²) in [5, 5.41) is 0. The first-order valence-corrected chi connectivity index (χ1v) is 4.73. The molecule has 1 heteroatoms.